The van der Waals surface area contributed by atoms with Crippen molar-refractivity contribution in [2.75, 3.05) is 6.54 Å². The number of nitrogens with one attached hydrogen (secondary N) is 1. The molecule has 4 nitrogen and oxygen atoms in total. The average Bonchev–Trinajstić information content (AvgIpc) is 3.05. The van der Waals surface area contributed by atoms with Crippen LogP contribution in [-0.4, -0.2) is 22.2 Å². The van der Waals surface area contributed by atoms with Crippen LogP contribution in [0.5, 0.6) is 0 Å². The van der Waals surface area contributed by atoms with E-state index in [9.17, 15) is 4.79 Å². The molecule has 0 spiro atoms. The third-order valence-corrected chi connectivity index (χ3v) is 4.22. The van der Waals surface area contributed by atoms with Crippen molar-refractivity contribution in [3.63, 3.8) is 0 Å². The highest BCUT2D eigenvalue weighted by molar-refractivity contribution is 5.78. The Morgan fingerprint density at radius 3 is 2.91 bits per heavy atom. The Labute approximate surface area is 131 Å². The fraction of sp³-hybridized carbons (Fsp3) is 0.444. The van der Waals surface area contributed by atoms with E-state index in [-0.39, 0.29) is 5.91 Å². The van der Waals surface area contributed by atoms with Gasteiger partial charge in [0.25, 0.3) is 0 Å². The van der Waals surface area contributed by atoms with E-state index in [0.29, 0.717) is 13.0 Å². The van der Waals surface area contributed by atoms with Gasteiger partial charge in [-0.1, -0.05) is 18.2 Å². The lowest BCUT2D eigenvalue weighted by atomic mass is 9.90. The highest BCUT2D eigenvalue weighted by atomic mass is 16.1. The van der Waals surface area contributed by atoms with E-state index in [4.69, 9.17) is 0 Å². The van der Waals surface area contributed by atoms with Gasteiger partial charge in [-0.25, -0.2) is 0 Å². The second kappa shape index (κ2) is 7.25. The van der Waals surface area contributed by atoms with Crippen molar-refractivity contribution < 1.29 is 4.79 Å². The molecular weight excluding hydrogens is 274 g/mol. The molecule has 22 heavy (non-hydrogen) atoms. The van der Waals surface area contributed by atoms with E-state index in [1.54, 1.807) is 6.20 Å². The number of aromatic nitrogens is 2. The summed E-state index contributed by atoms with van der Waals surface area (Å²) in [7, 11) is 0. The highest BCUT2D eigenvalue weighted by Crippen LogP contribution is 2.22. The number of carbonyl (C=O) groups is 1. The van der Waals surface area contributed by atoms with Gasteiger partial charge in [-0.3, -0.25) is 9.48 Å². The van der Waals surface area contributed by atoms with Crippen LogP contribution in [0.4, 0.5) is 0 Å². The van der Waals surface area contributed by atoms with Crippen LogP contribution in [0.3, 0.4) is 0 Å². The summed E-state index contributed by atoms with van der Waals surface area (Å²) in [6, 6.07) is 8.44. The van der Waals surface area contributed by atoms with Crippen LogP contribution in [0.1, 0.15) is 36.0 Å². The molecule has 0 fully saturated rings. The van der Waals surface area contributed by atoms with Crippen molar-refractivity contribution in [3.8, 4) is 0 Å². The quantitative estimate of drug-likeness (QED) is 0.833. The topological polar surface area (TPSA) is 46.9 Å². The molecule has 3 rings (SSSR count). The summed E-state index contributed by atoms with van der Waals surface area (Å²) in [4.78, 5) is 12.0. The number of carbonyl (C=O) groups excluding carboxylic acids is 1. The van der Waals surface area contributed by atoms with Crippen LogP contribution in [0, 0.1) is 0 Å². The molecule has 0 saturated heterocycles. The van der Waals surface area contributed by atoms with Crippen molar-refractivity contribution in [1.82, 2.24) is 15.1 Å². The van der Waals surface area contributed by atoms with Crippen molar-refractivity contribution in [3.05, 3.63) is 53.3 Å². The molecular formula is C18H23N3O. The molecule has 0 aliphatic heterocycles. The van der Waals surface area contributed by atoms with E-state index in [1.165, 1.54) is 30.4 Å². The number of nitrogens with zero attached hydrogens (tertiary/aromatic N) is 2. The second-order valence-electron chi connectivity index (χ2n) is 5.96. The Morgan fingerprint density at radius 1 is 1.23 bits per heavy atom. The smallest absolute Gasteiger partial charge is 0.224 e. The van der Waals surface area contributed by atoms with Crippen LogP contribution >= 0.6 is 0 Å². The van der Waals surface area contributed by atoms with Gasteiger partial charge in [-0.05, 0) is 54.9 Å². The molecule has 1 N–H and O–H groups in total. The summed E-state index contributed by atoms with van der Waals surface area (Å²) < 4.78 is 1.88. The summed E-state index contributed by atoms with van der Waals surface area (Å²) in [6.07, 6.45) is 10.0. The lowest BCUT2D eigenvalue weighted by Gasteiger charge is -2.16. The molecule has 0 saturated carbocycles. The normalized spacial score (nSPS) is 13.6. The van der Waals surface area contributed by atoms with Crippen LogP contribution in [-0.2, 0) is 30.6 Å². The second-order valence-corrected chi connectivity index (χ2v) is 5.96. The predicted molar refractivity (Wildman–Crippen MR) is 86.6 cm³/mol. The molecule has 0 atom stereocenters. The number of hydrogen-bond donors (Lipinski definition) is 1. The lowest BCUT2D eigenvalue weighted by molar-refractivity contribution is -0.120. The van der Waals surface area contributed by atoms with Gasteiger partial charge in [0.05, 0.1) is 6.42 Å². The molecule has 0 unspecified atom stereocenters. The molecule has 1 amide bonds. The zero-order chi connectivity index (χ0) is 15.2. The first-order valence-electron chi connectivity index (χ1n) is 8.16. The summed E-state index contributed by atoms with van der Waals surface area (Å²) in [5.41, 5.74) is 4.04. The van der Waals surface area contributed by atoms with Crippen LogP contribution in [0.25, 0.3) is 0 Å². The summed E-state index contributed by atoms with van der Waals surface area (Å²) in [6.45, 7) is 1.54. The monoisotopic (exact) mass is 297 g/mol. The van der Waals surface area contributed by atoms with Crippen molar-refractivity contribution in [1.29, 1.82) is 0 Å². The Kier molecular flexibility index (Phi) is 4.88. The molecule has 2 aromatic rings. The summed E-state index contributed by atoms with van der Waals surface area (Å²) in [5, 5.41) is 7.14. The fourth-order valence-electron chi connectivity index (χ4n) is 3.05. The molecule has 4 heteroatoms. The third kappa shape index (κ3) is 3.97. The van der Waals surface area contributed by atoms with Gasteiger partial charge in [-0.2, -0.15) is 5.10 Å². The van der Waals surface area contributed by atoms with Gasteiger partial charge >= 0.3 is 0 Å². The minimum Gasteiger partial charge on any atom is -0.356 e. The minimum atomic E-state index is 0.108. The zero-order valence-corrected chi connectivity index (χ0v) is 12.9. The van der Waals surface area contributed by atoms with Gasteiger partial charge in [0.1, 0.15) is 0 Å². The first kappa shape index (κ1) is 14.8. The zero-order valence-electron chi connectivity index (χ0n) is 12.9. The fourth-order valence-corrected chi connectivity index (χ4v) is 3.05. The number of fused-ring (bicyclic) bond motifs is 1. The van der Waals surface area contributed by atoms with Gasteiger partial charge in [-0.15, -0.1) is 0 Å². The van der Waals surface area contributed by atoms with Gasteiger partial charge in [0, 0.05) is 25.5 Å². The number of amides is 1. The van der Waals surface area contributed by atoms with E-state index in [1.807, 2.05) is 16.9 Å². The summed E-state index contributed by atoms with van der Waals surface area (Å²) >= 11 is 0. The molecule has 1 aliphatic rings. The minimum absolute atomic E-state index is 0.108. The maximum absolute atomic E-state index is 12.0. The van der Waals surface area contributed by atoms with Crippen molar-refractivity contribution in [2.45, 2.75) is 45.1 Å². The summed E-state index contributed by atoms with van der Waals surface area (Å²) in [5.74, 6) is 0.108. The standard InChI is InChI=1S/C18H23N3O/c22-18(19-9-3-11-21-12-4-10-20-21)14-15-7-8-16-5-1-2-6-17(16)13-15/h4,7-8,10,12-13H,1-3,5-6,9,11,14H2,(H,19,22). The Bertz CT molecular complexity index is 619. The van der Waals surface area contributed by atoms with Crippen molar-refractivity contribution in [2.24, 2.45) is 0 Å². The van der Waals surface area contributed by atoms with E-state index in [2.05, 4.69) is 28.6 Å². The Balaban J connectivity index is 1.43. The molecule has 1 aromatic carbocycles. The Morgan fingerprint density at radius 2 is 2.09 bits per heavy atom. The van der Waals surface area contributed by atoms with E-state index in [0.717, 1.165) is 24.9 Å². The molecule has 0 radical (unpaired) electrons. The Hall–Kier alpha value is -2.10. The van der Waals surface area contributed by atoms with E-state index >= 15 is 0 Å². The molecule has 0 bridgehead atoms. The maximum atomic E-state index is 12.0. The third-order valence-electron chi connectivity index (χ3n) is 4.22. The van der Waals surface area contributed by atoms with Gasteiger partial charge < -0.3 is 5.32 Å². The van der Waals surface area contributed by atoms with Gasteiger partial charge in [0.2, 0.25) is 5.91 Å². The number of aryl methyl sites for hydroxylation is 3. The first-order chi connectivity index (χ1) is 10.8. The molecule has 116 valence electrons. The number of hydrogen-bond acceptors (Lipinski definition) is 2. The van der Waals surface area contributed by atoms with Crippen molar-refractivity contribution >= 4 is 5.91 Å². The van der Waals surface area contributed by atoms with Crippen LogP contribution in [0.2, 0.25) is 0 Å². The van der Waals surface area contributed by atoms with Gasteiger partial charge in [0.15, 0.2) is 0 Å². The largest absolute Gasteiger partial charge is 0.356 e. The van der Waals surface area contributed by atoms with Crippen LogP contribution in [0.15, 0.2) is 36.7 Å². The molecule has 1 aliphatic carbocycles. The molecule has 1 heterocycles. The van der Waals surface area contributed by atoms with Crippen LogP contribution < -0.4 is 5.32 Å². The maximum Gasteiger partial charge on any atom is 0.224 e. The predicted octanol–water partition coefficient (Wildman–Crippen LogP) is 2.51. The number of benzene rings is 1. The average molecular weight is 297 g/mol. The highest BCUT2D eigenvalue weighted by Gasteiger charge is 2.10. The first-order valence-corrected chi connectivity index (χ1v) is 8.16. The molecule has 1 aromatic heterocycles. The lowest BCUT2D eigenvalue weighted by Crippen LogP contribution is -2.27. The van der Waals surface area contributed by atoms with E-state index < -0.39 is 0 Å². The number of rotatable bonds is 6. The SMILES string of the molecule is O=C(Cc1ccc2c(c1)CCCC2)NCCCn1cccn1.